The van der Waals surface area contributed by atoms with Crippen LogP contribution in [0.3, 0.4) is 0 Å². The number of rotatable bonds is 2. The largest absolute Gasteiger partial charge is 0.394 e. The van der Waals surface area contributed by atoms with E-state index in [1.54, 1.807) is 6.20 Å². The molecule has 0 bridgehead atoms. The van der Waals surface area contributed by atoms with Crippen molar-refractivity contribution < 1.29 is 20.1 Å². The smallest absolute Gasteiger partial charge is 0.256 e. The van der Waals surface area contributed by atoms with Crippen LogP contribution >= 0.6 is 0 Å². The highest BCUT2D eigenvalue weighted by Crippen LogP contribution is 2.29. The maximum absolute atomic E-state index is 12.5. The van der Waals surface area contributed by atoms with Crippen molar-refractivity contribution in [1.82, 2.24) is 4.57 Å². The monoisotopic (exact) mass is 281 g/mol. The summed E-state index contributed by atoms with van der Waals surface area (Å²) in [6, 6.07) is 1.88. The van der Waals surface area contributed by atoms with Gasteiger partial charge in [-0.1, -0.05) is 0 Å². The molecule has 0 amide bonds. The van der Waals surface area contributed by atoms with Crippen molar-refractivity contribution in [2.45, 2.75) is 50.2 Å². The molecule has 0 aromatic carbocycles. The summed E-state index contributed by atoms with van der Waals surface area (Å²) in [7, 11) is 0. The molecule has 1 aliphatic carbocycles. The minimum atomic E-state index is -1.22. The van der Waals surface area contributed by atoms with E-state index in [1.165, 1.54) is 4.57 Å². The van der Waals surface area contributed by atoms with E-state index in [0.717, 1.165) is 36.8 Å². The van der Waals surface area contributed by atoms with Crippen LogP contribution in [0.15, 0.2) is 17.1 Å². The molecule has 3 rings (SSSR count). The van der Waals surface area contributed by atoms with Crippen molar-refractivity contribution in [3.8, 4) is 0 Å². The first kappa shape index (κ1) is 13.8. The first-order valence-electron chi connectivity index (χ1n) is 6.99. The molecule has 0 radical (unpaired) electrons. The first-order valence-corrected chi connectivity index (χ1v) is 6.99. The van der Waals surface area contributed by atoms with Crippen molar-refractivity contribution in [3.63, 3.8) is 0 Å². The number of aliphatic hydroxyl groups excluding tert-OH is 3. The van der Waals surface area contributed by atoms with Gasteiger partial charge in [0.1, 0.15) is 18.3 Å². The Kier molecular flexibility index (Phi) is 3.64. The summed E-state index contributed by atoms with van der Waals surface area (Å²) in [5.74, 6) is 0. The number of nitrogens with zero attached hydrogens (tertiary/aromatic N) is 1. The van der Waals surface area contributed by atoms with Crippen LogP contribution in [0, 0.1) is 0 Å². The number of aliphatic hydroxyl groups is 3. The molecule has 0 spiro atoms. The van der Waals surface area contributed by atoms with Crippen molar-refractivity contribution >= 4 is 0 Å². The number of fused-ring (bicyclic) bond motifs is 1. The molecule has 20 heavy (non-hydrogen) atoms. The maximum atomic E-state index is 12.5. The minimum absolute atomic E-state index is 0.169. The van der Waals surface area contributed by atoms with Gasteiger partial charge in [-0.15, -0.1) is 0 Å². The topological polar surface area (TPSA) is 91.9 Å². The Bertz CT molecular complexity index is 555. The maximum Gasteiger partial charge on any atom is 0.256 e. The van der Waals surface area contributed by atoms with E-state index in [4.69, 9.17) is 9.84 Å². The average Bonchev–Trinajstić information content (AvgIpc) is 2.76. The Hall–Kier alpha value is -1.21. The summed E-state index contributed by atoms with van der Waals surface area (Å²) < 4.78 is 6.73. The highest BCUT2D eigenvalue weighted by atomic mass is 16.6. The summed E-state index contributed by atoms with van der Waals surface area (Å²) in [6.07, 6.45) is 1.11. The third kappa shape index (κ3) is 2.09. The second kappa shape index (κ2) is 5.29. The van der Waals surface area contributed by atoms with E-state index < -0.39 is 31.1 Å². The number of ether oxygens (including phenoxy) is 1. The van der Waals surface area contributed by atoms with Gasteiger partial charge in [0.05, 0.1) is 6.61 Å². The predicted octanol–water partition coefficient (Wildman–Crippen LogP) is -0.661. The zero-order valence-electron chi connectivity index (χ0n) is 11.1. The van der Waals surface area contributed by atoms with Crippen LogP contribution in [0.1, 0.15) is 30.2 Å². The molecule has 0 unspecified atom stereocenters. The van der Waals surface area contributed by atoms with Crippen molar-refractivity contribution in [2.75, 3.05) is 6.61 Å². The van der Waals surface area contributed by atoms with Gasteiger partial charge in [-0.3, -0.25) is 9.36 Å². The fourth-order valence-electron chi connectivity index (χ4n) is 3.06. The Labute approximate surface area is 116 Å². The second-order valence-corrected chi connectivity index (χ2v) is 5.47. The summed E-state index contributed by atoms with van der Waals surface area (Å²) in [5.41, 5.74) is 1.66. The van der Waals surface area contributed by atoms with E-state index in [1.807, 2.05) is 6.07 Å². The van der Waals surface area contributed by atoms with E-state index in [9.17, 15) is 15.0 Å². The predicted molar refractivity (Wildman–Crippen MR) is 70.4 cm³/mol. The molecular formula is C14H19NO5. The molecule has 2 heterocycles. The first-order chi connectivity index (χ1) is 9.63. The lowest BCUT2D eigenvalue weighted by molar-refractivity contribution is -0.0545. The van der Waals surface area contributed by atoms with E-state index in [2.05, 4.69) is 0 Å². The molecule has 1 fully saturated rings. The molecule has 6 nitrogen and oxygen atoms in total. The molecule has 1 saturated heterocycles. The van der Waals surface area contributed by atoms with Crippen molar-refractivity contribution in [3.05, 3.63) is 33.7 Å². The Morgan fingerprint density at radius 1 is 1.25 bits per heavy atom. The van der Waals surface area contributed by atoms with Gasteiger partial charge in [0.15, 0.2) is 6.23 Å². The van der Waals surface area contributed by atoms with Gasteiger partial charge in [-0.25, -0.2) is 0 Å². The van der Waals surface area contributed by atoms with Crippen LogP contribution in [-0.2, 0) is 17.6 Å². The van der Waals surface area contributed by atoms with Gasteiger partial charge in [-0.2, -0.15) is 0 Å². The quantitative estimate of drug-likeness (QED) is 0.669. The summed E-state index contributed by atoms with van der Waals surface area (Å²) in [4.78, 5) is 12.5. The SMILES string of the molecule is O=c1c2c(ccn1[C@@H]1O[C@H](CO)[C@@H](O)[C@@H]1O)CCCC2. The van der Waals surface area contributed by atoms with Crippen molar-refractivity contribution in [2.24, 2.45) is 0 Å². The van der Waals surface area contributed by atoms with E-state index in [0.29, 0.717) is 0 Å². The molecular weight excluding hydrogens is 262 g/mol. The fourth-order valence-corrected chi connectivity index (χ4v) is 3.06. The zero-order chi connectivity index (χ0) is 14.3. The lowest BCUT2D eigenvalue weighted by Gasteiger charge is -2.21. The van der Waals surface area contributed by atoms with Crippen LogP contribution < -0.4 is 5.56 Å². The highest BCUT2D eigenvalue weighted by Gasteiger charge is 2.43. The van der Waals surface area contributed by atoms with Crippen LogP contribution in [0.25, 0.3) is 0 Å². The molecule has 1 aromatic rings. The summed E-state index contributed by atoms with van der Waals surface area (Å²) in [5, 5.41) is 28.9. The normalized spacial score (nSPS) is 33.1. The van der Waals surface area contributed by atoms with Gasteiger partial charge in [0, 0.05) is 11.8 Å². The molecule has 1 aliphatic heterocycles. The van der Waals surface area contributed by atoms with Gasteiger partial charge in [0.25, 0.3) is 5.56 Å². The van der Waals surface area contributed by atoms with Gasteiger partial charge in [-0.05, 0) is 37.3 Å². The second-order valence-electron chi connectivity index (χ2n) is 5.47. The Balaban J connectivity index is 1.97. The molecule has 6 heteroatoms. The summed E-state index contributed by atoms with van der Waals surface area (Å²) >= 11 is 0. The van der Waals surface area contributed by atoms with Crippen LogP contribution in [0.4, 0.5) is 0 Å². The average molecular weight is 281 g/mol. The minimum Gasteiger partial charge on any atom is -0.394 e. The van der Waals surface area contributed by atoms with E-state index in [-0.39, 0.29) is 5.56 Å². The zero-order valence-corrected chi connectivity index (χ0v) is 11.1. The van der Waals surface area contributed by atoms with Gasteiger partial charge in [0.2, 0.25) is 0 Å². The lowest BCUT2D eigenvalue weighted by atomic mass is 9.93. The Morgan fingerprint density at radius 2 is 2.00 bits per heavy atom. The van der Waals surface area contributed by atoms with Gasteiger partial charge < -0.3 is 20.1 Å². The molecule has 110 valence electrons. The third-order valence-corrected chi connectivity index (χ3v) is 4.23. The van der Waals surface area contributed by atoms with Crippen LogP contribution in [-0.4, -0.2) is 44.8 Å². The van der Waals surface area contributed by atoms with Crippen LogP contribution in [0.5, 0.6) is 0 Å². The standard InChI is InChI=1S/C14H19NO5/c16-7-10-11(17)12(18)14(20-10)15-6-5-8-3-1-2-4-9(8)13(15)19/h5-6,10-12,14,16-18H,1-4,7H2/t10-,11-,12+,14-/m1/s1. The lowest BCUT2D eigenvalue weighted by Crippen LogP contribution is -2.36. The fraction of sp³-hybridized carbons (Fsp3) is 0.643. The third-order valence-electron chi connectivity index (χ3n) is 4.23. The number of aromatic nitrogens is 1. The molecule has 3 N–H and O–H groups in total. The van der Waals surface area contributed by atoms with Gasteiger partial charge >= 0.3 is 0 Å². The Morgan fingerprint density at radius 3 is 2.70 bits per heavy atom. The molecule has 2 aliphatic rings. The number of aryl methyl sites for hydroxylation is 1. The molecule has 1 aromatic heterocycles. The highest BCUT2D eigenvalue weighted by molar-refractivity contribution is 5.26. The number of hydrogen-bond donors (Lipinski definition) is 3. The van der Waals surface area contributed by atoms with Crippen molar-refractivity contribution in [1.29, 1.82) is 0 Å². The molecule has 0 saturated carbocycles. The van der Waals surface area contributed by atoms with Crippen LogP contribution in [0.2, 0.25) is 0 Å². The van der Waals surface area contributed by atoms with E-state index >= 15 is 0 Å². The molecule has 4 atom stereocenters. The number of hydrogen-bond acceptors (Lipinski definition) is 5. The number of pyridine rings is 1. The summed E-state index contributed by atoms with van der Waals surface area (Å²) in [6.45, 7) is -0.394.